The molecule has 5 nitrogen and oxygen atoms in total. The van der Waals surface area contributed by atoms with E-state index in [0.29, 0.717) is 28.2 Å². The van der Waals surface area contributed by atoms with Crippen molar-refractivity contribution in [3.05, 3.63) is 54.1 Å². The van der Waals surface area contributed by atoms with Crippen LogP contribution in [0.5, 0.6) is 0 Å². The number of aromatic amines is 1. The van der Waals surface area contributed by atoms with E-state index in [1.165, 1.54) is 6.07 Å². The monoisotopic (exact) mass is 308 g/mol. The Morgan fingerprint density at radius 1 is 1.09 bits per heavy atom. The number of benzene rings is 1. The largest absolute Gasteiger partial charge is 0.392 e. The molecule has 4 rings (SSSR count). The lowest BCUT2D eigenvalue weighted by atomic mass is 10.0. The number of aliphatic hydroxyl groups is 1. The molecule has 0 bridgehead atoms. The van der Waals surface area contributed by atoms with Gasteiger partial charge in [0.05, 0.1) is 18.3 Å². The summed E-state index contributed by atoms with van der Waals surface area (Å²) >= 11 is 0. The molecule has 4 N–H and O–H groups in total. The van der Waals surface area contributed by atoms with Gasteiger partial charge in [0.25, 0.3) is 0 Å². The number of pyridine rings is 2. The number of nitrogens with two attached hydrogens (primary N) is 1. The minimum atomic E-state index is -0.357. The van der Waals surface area contributed by atoms with Crippen LogP contribution in [-0.2, 0) is 6.61 Å². The van der Waals surface area contributed by atoms with Gasteiger partial charge in [0.1, 0.15) is 17.3 Å². The SMILES string of the molecule is Nc1cc2c(cn1)[nH]c1ncc(-c3cc(CO)ccc3F)cc12. The van der Waals surface area contributed by atoms with Gasteiger partial charge in [0.15, 0.2) is 0 Å². The van der Waals surface area contributed by atoms with Crippen LogP contribution in [0.1, 0.15) is 5.56 Å². The van der Waals surface area contributed by atoms with Crippen molar-refractivity contribution < 1.29 is 9.50 Å². The molecule has 0 radical (unpaired) electrons. The Morgan fingerprint density at radius 2 is 1.96 bits per heavy atom. The van der Waals surface area contributed by atoms with Crippen molar-refractivity contribution in [1.29, 1.82) is 0 Å². The predicted molar refractivity (Wildman–Crippen MR) is 87.1 cm³/mol. The molecule has 0 fully saturated rings. The van der Waals surface area contributed by atoms with Crippen molar-refractivity contribution in [2.75, 3.05) is 5.73 Å². The van der Waals surface area contributed by atoms with Gasteiger partial charge in [-0.05, 0) is 29.8 Å². The Labute approximate surface area is 130 Å². The summed E-state index contributed by atoms with van der Waals surface area (Å²) in [5.41, 5.74) is 8.96. The van der Waals surface area contributed by atoms with E-state index in [2.05, 4.69) is 15.0 Å². The third kappa shape index (κ3) is 2.20. The highest BCUT2D eigenvalue weighted by molar-refractivity contribution is 6.07. The number of H-pyrrole nitrogens is 1. The smallest absolute Gasteiger partial charge is 0.138 e. The number of aliphatic hydroxyl groups excluding tert-OH is 1. The highest BCUT2D eigenvalue weighted by Gasteiger charge is 2.11. The maximum absolute atomic E-state index is 14.1. The van der Waals surface area contributed by atoms with Gasteiger partial charge in [-0.15, -0.1) is 0 Å². The normalized spacial score (nSPS) is 11.4. The van der Waals surface area contributed by atoms with Gasteiger partial charge in [-0.1, -0.05) is 6.07 Å². The van der Waals surface area contributed by atoms with Crippen LogP contribution in [0.3, 0.4) is 0 Å². The summed E-state index contributed by atoms with van der Waals surface area (Å²) in [5, 5.41) is 11.0. The minimum Gasteiger partial charge on any atom is -0.392 e. The summed E-state index contributed by atoms with van der Waals surface area (Å²) in [7, 11) is 0. The number of nitrogens with zero attached hydrogens (tertiary/aromatic N) is 2. The molecule has 0 saturated carbocycles. The van der Waals surface area contributed by atoms with E-state index in [0.717, 1.165) is 16.3 Å². The van der Waals surface area contributed by atoms with E-state index >= 15 is 0 Å². The Balaban J connectivity index is 1.98. The zero-order valence-corrected chi connectivity index (χ0v) is 12.0. The summed E-state index contributed by atoms with van der Waals surface area (Å²) in [5.74, 6) is 0.0571. The zero-order chi connectivity index (χ0) is 16.0. The second-order valence-corrected chi connectivity index (χ2v) is 5.37. The molecule has 0 aliphatic heterocycles. The van der Waals surface area contributed by atoms with Crippen molar-refractivity contribution in [1.82, 2.24) is 15.0 Å². The van der Waals surface area contributed by atoms with Crippen molar-refractivity contribution in [3.63, 3.8) is 0 Å². The molecule has 3 heterocycles. The Hall–Kier alpha value is -2.99. The molecule has 0 saturated heterocycles. The lowest BCUT2D eigenvalue weighted by Gasteiger charge is -2.06. The minimum absolute atomic E-state index is 0.141. The van der Waals surface area contributed by atoms with Crippen LogP contribution in [-0.4, -0.2) is 20.1 Å². The lowest BCUT2D eigenvalue weighted by Crippen LogP contribution is -1.90. The average molecular weight is 308 g/mol. The van der Waals surface area contributed by atoms with Crippen molar-refractivity contribution in [2.45, 2.75) is 6.61 Å². The molecule has 0 aliphatic rings. The van der Waals surface area contributed by atoms with E-state index in [1.807, 2.05) is 6.07 Å². The molecule has 4 aromatic rings. The molecule has 6 heteroatoms. The fourth-order valence-corrected chi connectivity index (χ4v) is 2.73. The van der Waals surface area contributed by atoms with Gasteiger partial charge >= 0.3 is 0 Å². The maximum Gasteiger partial charge on any atom is 0.138 e. The number of nitrogens with one attached hydrogen (secondary N) is 1. The molecular formula is C17H13FN4O. The van der Waals surface area contributed by atoms with Crippen molar-refractivity contribution >= 4 is 27.8 Å². The van der Waals surface area contributed by atoms with E-state index in [4.69, 9.17) is 5.73 Å². The summed E-state index contributed by atoms with van der Waals surface area (Å²) in [6.07, 6.45) is 3.26. The third-order valence-corrected chi connectivity index (χ3v) is 3.88. The number of aromatic nitrogens is 3. The van der Waals surface area contributed by atoms with Crippen LogP contribution in [0.25, 0.3) is 33.1 Å². The highest BCUT2D eigenvalue weighted by atomic mass is 19.1. The molecular weight excluding hydrogens is 295 g/mol. The fourth-order valence-electron chi connectivity index (χ4n) is 2.73. The Morgan fingerprint density at radius 3 is 2.78 bits per heavy atom. The number of hydrogen-bond donors (Lipinski definition) is 3. The lowest BCUT2D eigenvalue weighted by molar-refractivity contribution is 0.282. The topological polar surface area (TPSA) is 87.8 Å². The predicted octanol–water partition coefficient (Wildman–Crippen LogP) is 2.99. The second-order valence-electron chi connectivity index (χ2n) is 5.37. The molecule has 0 spiro atoms. The number of nitrogen functional groups attached to an aromatic ring is 1. The van der Waals surface area contributed by atoms with Crippen molar-refractivity contribution in [2.24, 2.45) is 0 Å². The van der Waals surface area contributed by atoms with Crippen LogP contribution in [0.4, 0.5) is 10.2 Å². The highest BCUT2D eigenvalue weighted by Crippen LogP contribution is 2.30. The Kier molecular flexibility index (Phi) is 2.99. The van der Waals surface area contributed by atoms with Gasteiger partial charge in [0, 0.05) is 28.1 Å². The first-order chi connectivity index (χ1) is 11.2. The first-order valence-corrected chi connectivity index (χ1v) is 7.08. The standard InChI is InChI=1S/C17H13FN4O/c18-14-2-1-9(8-23)3-11(14)10-4-13-12-5-16(19)20-7-15(12)22-17(13)21-6-10/h1-7,23H,8H2,(H2,19,20)(H,21,22). The first-order valence-electron chi connectivity index (χ1n) is 7.08. The number of anilines is 1. The third-order valence-electron chi connectivity index (χ3n) is 3.88. The molecule has 0 unspecified atom stereocenters. The Bertz CT molecular complexity index is 1040. The number of rotatable bonds is 2. The molecule has 3 aromatic heterocycles. The summed E-state index contributed by atoms with van der Waals surface area (Å²) in [6.45, 7) is -0.141. The van der Waals surface area contributed by atoms with Crippen LogP contribution in [0.2, 0.25) is 0 Å². The summed E-state index contributed by atoms with van der Waals surface area (Å²) in [4.78, 5) is 11.6. The average Bonchev–Trinajstić information content (AvgIpc) is 2.92. The molecule has 0 amide bonds. The van der Waals surface area contributed by atoms with Gasteiger partial charge in [0.2, 0.25) is 0 Å². The molecule has 23 heavy (non-hydrogen) atoms. The van der Waals surface area contributed by atoms with Crippen LogP contribution in [0.15, 0.2) is 42.7 Å². The molecule has 0 aliphatic carbocycles. The second kappa shape index (κ2) is 5.03. The van der Waals surface area contributed by atoms with E-state index < -0.39 is 0 Å². The molecule has 114 valence electrons. The quantitative estimate of drug-likeness (QED) is 0.531. The fraction of sp³-hybridized carbons (Fsp3) is 0.0588. The van der Waals surface area contributed by atoms with E-state index in [9.17, 15) is 9.50 Å². The summed E-state index contributed by atoms with van der Waals surface area (Å²) in [6, 6.07) is 8.16. The van der Waals surface area contributed by atoms with E-state index in [1.54, 1.807) is 30.6 Å². The van der Waals surface area contributed by atoms with Gasteiger partial charge in [-0.3, -0.25) is 0 Å². The maximum atomic E-state index is 14.1. The van der Waals surface area contributed by atoms with Gasteiger partial charge in [-0.25, -0.2) is 14.4 Å². The summed E-state index contributed by atoms with van der Waals surface area (Å²) < 4.78 is 14.1. The molecule has 1 aromatic carbocycles. The zero-order valence-electron chi connectivity index (χ0n) is 12.0. The van der Waals surface area contributed by atoms with E-state index in [-0.39, 0.29) is 12.4 Å². The van der Waals surface area contributed by atoms with Crippen molar-refractivity contribution in [3.8, 4) is 11.1 Å². The number of halogens is 1. The number of hydrogen-bond acceptors (Lipinski definition) is 4. The van der Waals surface area contributed by atoms with Crippen LogP contribution in [0, 0.1) is 5.82 Å². The number of fused-ring (bicyclic) bond motifs is 3. The molecule has 0 atom stereocenters. The van der Waals surface area contributed by atoms with Gasteiger partial charge < -0.3 is 15.8 Å². The van der Waals surface area contributed by atoms with Gasteiger partial charge in [-0.2, -0.15) is 0 Å². The first kappa shape index (κ1) is 13.7. The van der Waals surface area contributed by atoms with Crippen LogP contribution >= 0.6 is 0 Å². The van der Waals surface area contributed by atoms with Crippen LogP contribution < -0.4 is 5.73 Å².